The molecule has 0 radical (unpaired) electrons. The van der Waals surface area contributed by atoms with Crippen molar-refractivity contribution in [2.24, 2.45) is 0 Å². The molecule has 2 rings (SSSR count). The van der Waals surface area contributed by atoms with Gasteiger partial charge in [0, 0.05) is 4.47 Å². The number of halogens is 1. The van der Waals surface area contributed by atoms with Crippen LogP contribution in [0.15, 0.2) is 51.8 Å². The summed E-state index contributed by atoms with van der Waals surface area (Å²) in [6, 6.07) is 8.10. The molecular formula is C15H14BrNO6S. The molecule has 128 valence electrons. The number of hydrogen-bond acceptors (Lipinski definition) is 5. The van der Waals surface area contributed by atoms with Gasteiger partial charge in [-0.1, -0.05) is 22.0 Å². The number of phenols is 2. The molecule has 4 N–H and O–H groups in total. The van der Waals surface area contributed by atoms with Crippen LogP contribution in [0.5, 0.6) is 11.5 Å². The smallest absolute Gasteiger partial charge is 0.322 e. The van der Waals surface area contributed by atoms with Gasteiger partial charge < -0.3 is 15.3 Å². The highest BCUT2D eigenvalue weighted by atomic mass is 79.9. The largest absolute Gasteiger partial charge is 0.504 e. The molecule has 0 aromatic heterocycles. The van der Waals surface area contributed by atoms with Crippen molar-refractivity contribution in [2.45, 2.75) is 17.4 Å². The minimum atomic E-state index is -4.02. The minimum Gasteiger partial charge on any atom is -0.504 e. The van der Waals surface area contributed by atoms with E-state index < -0.39 is 27.8 Å². The number of benzene rings is 2. The predicted octanol–water partition coefficient (Wildman–Crippen LogP) is 1.83. The molecule has 0 aliphatic rings. The maximum absolute atomic E-state index is 12.3. The summed E-state index contributed by atoms with van der Waals surface area (Å²) in [6.07, 6.45) is -0.196. The van der Waals surface area contributed by atoms with Crippen LogP contribution in [0.25, 0.3) is 0 Å². The Hall–Kier alpha value is -2.10. The fourth-order valence-corrected chi connectivity index (χ4v) is 3.43. The highest BCUT2D eigenvalue weighted by Crippen LogP contribution is 2.25. The topological polar surface area (TPSA) is 124 Å². The van der Waals surface area contributed by atoms with E-state index >= 15 is 0 Å². The monoisotopic (exact) mass is 415 g/mol. The van der Waals surface area contributed by atoms with E-state index in [1.54, 1.807) is 0 Å². The van der Waals surface area contributed by atoms with Crippen LogP contribution in [0.3, 0.4) is 0 Å². The maximum Gasteiger partial charge on any atom is 0.322 e. The number of aliphatic carboxylic acids is 1. The fourth-order valence-electron chi connectivity index (χ4n) is 1.98. The molecule has 0 aliphatic carbocycles. The standard InChI is InChI=1S/C15H14BrNO6S/c16-10-2-4-11(5-3-10)24(22,23)17-12(15(20)21)7-9-1-6-13(18)14(19)8-9/h1-6,8,12,17-19H,7H2,(H,20,21)/t12-/m1/s1. The van der Waals surface area contributed by atoms with Gasteiger partial charge in [-0.25, -0.2) is 8.42 Å². The lowest BCUT2D eigenvalue weighted by Gasteiger charge is -2.15. The lowest BCUT2D eigenvalue weighted by molar-refractivity contribution is -0.138. The van der Waals surface area contributed by atoms with Gasteiger partial charge in [0.2, 0.25) is 10.0 Å². The van der Waals surface area contributed by atoms with Gasteiger partial charge in [-0.05, 0) is 48.4 Å². The van der Waals surface area contributed by atoms with Crippen molar-refractivity contribution in [1.82, 2.24) is 4.72 Å². The Bertz CT molecular complexity index is 851. The fraction of sp³-hybridized carbons (Fsp3) is 0.133. The highest BCUT2D eigenvalue weighted by Gasteiger charge is 2.26. The van der Waals surface area contributed by atoms with Crippen LogP contribution in [0.1, 0.15) is 5.56 Å². The van der Waals surface area contributed by atoms with Gasteiger partial charge in [0.25, 0.3) is 0 Å². The van der Waals surface area contributed by atoms with E-state index in [1.165, 1.54) is 42.5 Å². The second-order valence-corrected chi connectivity index (χ2v) is 7.62. The molecule has 0 bridgehead atoms. The first-order valence-corrected chi connectivity index (χ1v) is 8.98. The van der Waals surface area contributed by atoms with Crippen LogP contribution < -0.4 is 4.72 Å². The van der Waals surface area contributed by atoms with E-state index in [1.807, 2.05) is 0 Å². The number of rotatable bonds is 6. The summed E-state index contributed by atoms with van der Waals surface area (Å²) in [4.78, 5) is 11.3. The Labute approximate surface area is 146 Å². The number of nitrogens with one attached hydrogen (secondary N) is 1. The van der Waals surface area contributed by atoms with E-state index in [9.17, 15) is 28.5 Å². The Kier molecular flexibility index (Phi) is 5.47. The molecule has 0 unspecified atom stereocenters. The average Bonchev–Trinajstić information content (AvgIpc) is 2.50. The molecule has 1 atom stereocenters. The van der Waals surface area contributed by atoms with E-state index in [0.29, 0.717) is 10.0 Å². The number of carboxylic acid groups (broad SMARTS) is 1. The molecule has 0 fully saturated rings. The van der Waals surface area contributed by atoms with Crippen molar-refractivity contribution in [2.75, 3.05) is 0 Å². The van der Waals surface area contributed by atoms with Gasteiger partial charge in [0.05, 0.1) is 4.90 Å². The average molecular weight is 416 g/mol. The van der Waals surface area contributed by atoms with E-state index in [2.05, 4.69) is 20.7 Å². The quantitative estimate of drug-likeness (QED) is 0.533. The third-order valence-corrected chi connectivity index (χ3v) is 5.22. The normalized spacial score (nSPS) is 12.7. The van der Waals surface area contributed by atoms with E-state index in [0.717, 1.165) is 0 Å². The second kappa shape index (κ2) is 7.20. The van der Waals surface area contributed by atoms with Gasteiger partial charge in [-0.3, -0.25) is 4.79 Å². The van der Waals surface area contributed by atoms with Gasteiger partial charge in [0.15, 0.2) is 11.5 Å². The summed E-state index contributed by atoms with van der Waals surface area (Å²) >= 11 is 3.19. The summed E-state index contributed by atoms with van der Waals surface area (Å²) in [5, 5.41) is 28.0. The van der Waals surface area contributed by atoms with Crippen LogP contribution in [0.4, 0.5) is 0 Å². The minimum absolute atomic E-state index is 0.0643. The van der Waals surface area contributed by atoms with Gasteiger partial charge in [-0.15, -0.1) is 0 Å². The van der Waals surface area contributed by atoms with Crippen LogP contribution >= 0.6 is 15.9 Å². The van der Waals surface area contributed by atoms with Crippen molar-refractivity contribution in [3.63, 3.8) is 0 Å². The number of sulfonamides is 1. The first kappa shape index (κ1) is 18.2. The Morgan fingerprint density at radius 1 is 1.08 bits per heavy atom. The molecule has 0 spiro atoms. The van der Waals surface area contributed by atoms with Crippen molar-refractivity contribution >= 4 is 31.9 Å². The molecule has 2 aromatic carbocycles. The Morgan fingerprint density at radius 3 is 2.25 bits per heavy atom. The van der Waals surface area contributed by atoms with Crippen molar-refractivity contribution in [1.29, 1.82) is 0 Å². The number of phenolic OH excluding ortho intramolecular Hbond substituents is 2. The first-order valence-electron chi connectivity index (χ1n) is 6.70. The third-order valence-electron chi connectivity index (χ3n) is 3.20. The summed E-state index contributed by atoms with van der Waals surface area (Å²) in [5.41, 5.74) is 0.358. The summed E-state index contributed by atoms with van der Waals surface area (Å²) < 4.78 is 27.4. The Morgan fingerprint density at radius 2 is 1.71 bits per heavy atom. The first-order chi connectivity index (χ1) is 11.2. The lowest BCUT2D eigenvalue weighted by Crippen LogP contribution is -2.42. The SMILES string of the molecule is O=C(O)[C@@H](Cc1ccc(O)c(O)c1)NS(=O)(=O)c1ccc(Br)cc1. The maximum atomic E-state index is 12.3. The summed E-state index contributed by atoms with van der Waals surface area (Å²) in [6.45, 7) is 0. The van der Waals surface area contributed by atoms with Crippen LogP contribution in [0.2, 0.25) is 0 Å². The zero-order chi connectivity index (χ0) is 17.9. The Balaban J connectivity index is 2.23. The number of carbonyl (C=O) groups is 1. The van der Waals surface area contributed by atoms with Gasteiger partial charge in [0.1, 0.15) is 6.04 Å². The number of hydrogen-bond donors (Lipinski definition) is 4. The highest BCUT2D eigenvalue weighted by molar-refractivity contribution is 9.10. The van der Waals surface area contributed by atoms with Crippen molar-refractivity contribution in [3.05, 3.63) is 52.5 Å². The molecule has 9 heteroatoms. The molecule has 0 saturated heterocycles. The lowest BCUT2D eigenvalue weighted by atomic mass is 10.1. The second-order valence-electron chi connectivity index (χ2n) is 4.99. The molecule has 24 heavy (non-hydrogen) atoms. The molecular weight excluding hydrogens is 402 g/mol. The van der Waals surface area contributed by atoms with Gasteiger partial charge >= 0.3 is 5.97 Å². The number of carboxylic acids is 1. The van der Waals surface area contributed by atoms with Crippen LogP contribution in [-0.4, -0.2) is 35.7 Å². The van der Waals surface area contributed by atoms with E-state index in [-0.39, 0.29) is 17.1 Å². The number of aromatic hydroxyl groups is 2. The zero-order valence-electron chi connectivity index (χ0n) is 12.2. The molecule has 0 saturated carbocycles. The molecule has 0 amide bonds. The van der Waals surface area contributed by atoms with Gasteiger partial charge in [-0.2, -0.15) is 4.72 Å². The van der Waals surface area contributed by atoms with Crippen molar-refractivity contribution < 1.29 is 28.5 Å². The predicted molar refractivity (Wildman–Crippen MR) is 89.4 cm³/mol. The summed E-state index contributed by atoms with van der Waals surface area (Å²) in [7, 11) is -4.02. The zero-order valence-corrected chi connectivity index (χ0v) is 14.6. The molecule has 2 aromatic rings. The van der Waals surface area contributed by atoms with Crippen LogP contribution in [-0.2, 0) is 21.2 Å². The summed E-state index contributed by atoms with van der Waals surface area (Å²) in [5.74, 6) is -2.11. The molecule has 0 aliphatic heterocycles. The molecule has 0 heterocycles. The van der Waals surface area contributed by atoms with Crippen molar-refractivity contribution in [3.8, 4) is 11.5 Å². The third kappa shape index (κ3) is 4.47. The van der Waals surface area contributed by atoms with E-state index in [4.69, 9.17) is 0 Å². The van der Waals surface area contributed by atoms with Crippen LogP contribution in [0, 0.1) is 0 Å². The molecule has 7 nitrogen and oxygen atoms in total.